The average molecular weight is 335 g/mol. The van der Waals surface area contributed by atoms with Gasteiger partial charge < -0.3 is 14.6 Å². The standard InChI is InChI=1S/C15H21N5O2S/c1-2-20-11-17-18-15(20)13-9-19(5-6-22-13)10-14(21)16-8-12-4-3-7-23-12/h3-4,7,11,13H,2,5-6,8-10H2,1H3,(H,16,21)/t13-/m1/s1. The molecule has 0 unspecified atom stereocenters. The van der Waals surface area contributed by atoms with Crippen LogP contribution in [0.4, 0.5) is 0 Å². The van der Waals surface area contributed by atoms with Gasteiger partial charge in [0.1, 0.15) is 12.4 Å². The van der Waals surface area contributed by atoms with Crippen molar-refractivity contribution >= 4 is 17.2 Å². The molecule has 1 saturated heterocycles. The van der Waals surface area contributed by atoms with E-state index in [2.05, 4.69) is 20.4 Å². The summed E-state index contributed by atoms with van der Waals surface area (Å²) in [6, 6.07) is 4.01. The van der Waals surface area contributed by atoms with Gasteiger partial charge in [-0.2, -0.15) is 0 Å². The Morgan fingerprint density at radius 2 is 2.48 bits per heavy atom. The predicted molar refractivity (Wildman–Crippen MR) is 87.0 cm³/mol. The molecule has 1 atom stereocenters. The number of aryl methyl sites for hydroxylation is 1. The summed E-state index contributed by atoms with van der Waals surface area (Å²) in [6.07, 6.45) is 1.59. The zero-order valence-electron chi connectivity index (χ0n) is 13.1. The van der Waals surface area contributed by atoms with Crippen LogP contribution in [0.25, 0.3) is 0 Å². The summed E-state index contributed by atoms with van der Waals surface area (Å²) in [4.78, 5) is 15.4. The summed E-state index contributed by atoms with van der Waals surface area (Å²) >= 11 is 1.65. The van der Waals surface area contributed by atoms with E-state index in [1.165, 1.54) is 0 Å². The first-order valence-corrected chi connectivity index (χ1v) is 8.65. The van der Waals surface area contributed by atoms with Gasteiger partial charge in [0.2, 0.25) is 5.91 Å². The lowest BCUT2D eigenvalue weighted by Gasteiger charge is -2.31. The van der Waals surface area contributed by atoms with Crippen LogP contribution in [0.1, 0.15) is 23.7 Å². The molecule has 1 aliphatic heterocycles. The van der Waals surface area contributed by atoms with Gasteiger partial charge in [0, 0.05) is 24.5 Å². The van der Waals surface area contributed by atoms with Crippen molar-refractivity contribution in [1.29, 1.82) is 0 Å². The first-order chi connectivity index (χ1) is 11.3. The molecule has 7 nitrogen and oxygen atoms in total. The molecule has 0 radical (unpaired) electrons. The topological polar surface area (TPSA) is 72.3 Å². The molecule has 124 valence electrons. The number of ether oxygens (including phenoxy) is 1. The van der Waals surface area contributed by atoms with E-state index in [9.17, 15) is 4.79 Å². The van der Waals surface area contributed by atoms with Crippen molar-refractivity contribution in [2.45, 2.75) is 26.1 Å². The summed E-state index contributed by atoms with van der Waals surface area (Å²) in [6.45, 7) is 5.84. The van der Waals surface area contributed by atoms with Gasteiger partial charge in [-0.1, -0.05) is 6.07 Å². The molecule has 1 fully saturated rings. The second-order valence-corrected chi connectivity index (χ2v) is 6.46. The number of aromatic nitrogens is 3. The Labute approximate surface area is 139 Å². The number of morpholine rings is 1. The number of thiophene rings is 1. The highest BCUT2D eigenvalue weighted by atomic mass is 32.1. The Kier molecular flexibility index (Phi) is 5.37. The lowest BCUT2D eigenvalue weighted by atomic mass is 10.2. The molecule has 0 aliphatic carbocycles. The van der Waals surface area contributed by atoms with Crippen LogP contribution in [-0.4, -0.2) is 51.8 Å². The van der Waals surface area contributed by atoms with Gasteiger partial charge in [-0.25, -0.2) is 0 Å². The SMILES string of the molecule is CCn1cnnc1[C@H]1CN(CC(=O)NCc2cccs2)CCO1. The Balaban J connectivity index is 1.51. The van der Waals surface area contributed by atoms with E-state index in [0.29, 0.717) is 26.2 Å². The largest absolute Gasteiger partial charge is 0.368 e. The summed E-state index contributed by atoms with van der Waals surface area (Å²) in [5.41, 5.74) is 0. The van der Waals surface area contributed by atoms with Gasteiger partial charge in [0.15, 0.2) is 5.82 Å². The van der Waals surface area contributed by atoms with Crippen molar-refractivity contribution in [3.8, 4) is 0 Å². The third-order valence-corrected chi connectivity index (χ3v) is 4.71. The minimum absolute atomic E-state index is 0.0380. The molecule has 0 saturated carbocycles. The molecule has 8 heteroatoms. The van der Waals surface area contributed by atoms with Crippen molar-refractivity contribution < 1.29 is 9.53 Å². The molecule has 2 aromatic heterocycles. The van der Waals surface area contributed by atoms with Crippen LogP contribution in [0.3, 0.4) is 0 Å². The molecule has 0 bridgehead atoms. The van der Waals surface area contributed by atoms with Crippen LogP contribution in [0.2, 0.25) is 0 Å². The molecule has 3 heterocycles. The fourth-order valence-corrected chi connectivity index (χ4v) is 3.26. The van der Waals surface area contributed by atoms with Gasteiger partial charge >= 0.3 is 0 Å². The van der Waals surface area contributed by atoms with Crippen molar-refractivity contribution in [1.82, 2.24) is 25.0 Å². The third kappa shape index (κ3) is 4.15. The predicted octanol–water partition coefficient (Wildman–Crippen LogP) is 1.05. The maximum atomic E-state index is 12.1. The summed E-state index contributed by atoms with van der Waals surface area (Å²) < 4.78 is 7.78. The lowest BCUT2D eigenvalue weighted by molar-refractivity contribution is -0.124. The van der Waals surface area contributed by atoms with E-state index in [1.807, 2.05) is 29.0 Å². The highest BCUT2D eigenvalue weighted by Crippen LogP contribution is 2.20. The molecule has 23 heavy (non-hydrogen) atoms. The quantitative estimate of drug-likeness (QED) is 0.854. The molecule has 1 amide bonds. The van der Waals surface area contributed by atoms with Gasteiger partial charge in [0.25, 0.3) is 0 Å². The molecule has 3 rings (SSSR count). The summed E-state index contributed by atoms with van der Waals surface area (Å²) in [7, 11) is 0. The van der Waals surface area contributed by atoms with Crippen molar-refractivity contribution in [3.63, 3.8) is 0 Å². The maximum absolute atomic E-state index is 12.1. The zero-order chi connectivity index (χ0) is 16.1. The number of hydrogen-bond donors (Lipinski definition) is 1. The highest BCUT2D eigenvalue weighted by molar-refractivity contribution is 7.09. The second kappa shape index (κ2) is 7.67. The second-order valence-electron chi connectivity index (χ2n) is 5.43. The van der Waals surface area contributed by atoms with E-state index in [-0.39, 0.29) is 12.0 Å². The lowest BCUT2D eigenvalue weighted by Crippen LogP contribution is -2.44. The van der Waals surface area contributed by atoms with E-state index < -0.39 is 0 Å². The first-order valence-electron chi connectivity index (χ1n) is 7.77. The number of carbonyl (C=O) groups is 1. The van der Waals surface area contributed by atoms with Gasteiger partial charge in [-0.05, 0) is 18.4 Å². The first kappa shape index (κ1) is 16.1. The van der Waals surface area contributed by atoms with E-state index in [4.69, 9.17) is 4.74 Å². The number of carbonyl (C=O) groups excluding carboxylic acids is 1. The van der Waals surface area contributed by atoms with E-state index >= 15 is 0 Å². The van der Waals surface area contributed by atoms with Crippen molar-refractivity contribution in [3.05, 3.63) is 34.5 Å². The van der Waals surface area contributed by atoms with Gasteiger partial charge in [0.05, 0.1) is 19.7 Å². The van der Waals surface area contributed by atoms with E-state index in [0.717, 1.165) is 23.8 Å². The van der Waals surface area contributed by atoms with Crippen LogP contribution in [0.5, 0.6) is 0 Å². The van der Waals surface area contributed by atoms with Crippen LogP contribution >= 0.6 is 11.3 Å². The molecule has 2 aromatic rings. The number of hydrogen-bond acceptors (Lipinski definition) is 6. The monoisotopic (exact) mass is 335 g/mol. The van der Waals surface area contributed by atoms with Crippen LogP contribution < -0.4 is 5.32 Å². The molecule has 1 aliphatic rings. The van der Waals surface area contributed by atoms with Crippen molar-refractivity contribution in [2.24, 2.45) is 0 Å². The number of rotatable bonds is 6. The molecule has 1 N–H and O–H groups in total. The summed E-state index contributed by atoms with van der Waals surface area (Å²) in [5, 5.41) is 13.1. The molecular weight excluding hydrogens is 314 g/mol. The fourth-order valence-electron chi connectivity index (χ4n) is 2.62. The van der Waals surface area contributed by atoms with Crippen molar-refractivity contribution in [2.75, 3.05) is 26.2 Å². The Morgan fingerprint density at radius 1 is 1.57 bits per heavy atom. The molecular formula is C15H21N5O2S. The van der Waals surface area contributed by atoms with Gasteiger partial charge in [-0.15, -0.1) is 21.5 Å². The Bertz CT molecular complexity index is 628. The van der Waals surface area contributed by atoms with Crippen LogP contribution in [0.15, 0.2) is 23.8 Å². The Hall–Kier alpha value is -1.77. The number of nitrogens with one attached hydrogen (secondary N) is 1. The zero-order valence-corrected chi connectivity index (χ0v) is 14.0. The highest BCUT2D eigenvalue weighted by Gasteiger charge is 2.26. The number of amides is 1. The van der Waals surface area contributed by atoms with Crippen LogP contribution in [-0.2, 0) is 22.6 Å². The smallest absolute Gasteiger partial charge is 0.234 e. The number of nitrogens with zero attached hydrogens (tertiary/aromatic N) is 4. The van der Waals surface area contributed by atoms with E-state index in [1.54, 1.807) is 17.7 Å². The minimum Gasteiger partial charge on any atom is -0.368 e. The third-order valence-electron chi connectivity index (χ3n) is 3.83. The Morgan fingerprint density at radius 3 is 3.26 bits per heavy atom. The molecule has 0 aromatic carbocycles. The fraction of sp³-hybridized carbons (Fsp3) is 0.533. The van der Waals surface area contributed by atoms with Crippen LogP contribution in [0, 0.1) is 0 Å². The average Bonchev–Trinajstić information content (AvgIpc) is 3.24. The minimum atomic E-state index is -0.128. The van der Waals surface area contributed by atoms with Gasteiger partial charge in [-0.3, -0.25) is 9.69 Å². The summed E-state index contributed by atoms with van der Waals surface area (Å²) in [5.74, 6) is 0.868. The molecule has 0 spiro atoms. The normalized spacial score (nSPS) is 18.9. The maximum Gasteiger partial charge on any atom is 0.234 e.